The largest absolute Gasteiger partial charge is 0.489 e. The molecule has 0 aliphatic carbocycles. The zero-order chi connectivity index (χ0) is 17.5. The van der Waals surface area contributed by atoms with E-state index in [0.717, 1.165) is 5.56 Å². The standard InChI is InChI=1S/C17H13Cl3N2O2/c18-14-5-6-15(19)17(20)13(14)10-24-12-3-1-11(2-4-12)9-22-16(23)7-8-21/h1-6H,7,9-10H2,(H,22,23). The number of rotatable bonds is 6. The van der Waals surface area contributed by atoms with Crippen LogP contribution in [-0.4, -0.2) is 5.91 Å². The highest BCUT2D eigenvalue weighted by atomic mass is 35.5. The first-order chi connectivity index (χ1) is 11.5. The van der Waals surface area contributed by atoms with Gasteiger partial charge in [0.25, 0.3) is 0 Å². The van der Waals surface area contributed by atoms with Crippen LogP contribution < -0.4 is 10.1 Å². The fourth-order valence-electron chi connectivity index (χ4n) is 1.90. The summed E-state index contributed by atoms with van der Waals surface area (Å²) in [5.41, 5.74) is 1.52. The molecule has 0 saturated heterocycles. The zero-order valence-electron chi connectivity index (χ0n) is 12.5. The lowest BCUT2D eigenvalue weighted by Crippen LogP contribution is -2.21. The van der Waals surface area contributed by atoms with Crippen LogP contribution in [0, 0.1) is 11.3 Å². The molecule has 0 radical (unpaired) electrons. The average molecular weight is 384 g/mol. The van der Waals surface area contributed by atoms with E-state index in [0.29, 0.717) is 32.9 Å². The molecule has 0 heterocycles. The van der Waals surface area contributed by atoms with Crippen LogP contribution in [0.5, 0.6) is 5.75 Å². The van der Waals surface area contributed by atoms with Gasteiger partial charge in [0.2, 0.25) is 5.91 Å². The molecule has 1 N–H and O–H groups in total. The van der Waals surface area contributed by atoms with Crippen LogP contribution in [0.2, 0.25) is 15.1 Å². The van der Waals surface area contributed by atoms with Gasteiger partial charge in [0.05, 0.1) is 16.1 Å². The van der Waals surface area contributed by atoms with Crippen molar-refractivity contribution in [1.82, 2.24) is 5.32 Å². The molecule has 24 heavy (non-hydrogen) atoms. The first-order valence-electron chi connectivity index (χ1n) is 6.99. The van der Waals surface area contributed by atoms with E-state index in [1.54, 1.807) is 30.3 Å². The number of hydrogen-bond acceptors (Lipinski definition) is 3. The molecule has 7 heteroatoms. The van der Waals surface area contributed by atoms with Crippen molar-refractivity contribution in [2.24, 2.45) is 0 Å². The maximum atomic E-state index is 11.2. The van der Waals surface area contributed by atoms with Gasteiger partial charge < -0.3 is 10.1 Å². The minimum Gasteiger partial charge on any atom is -0.489 e. The molecular weight excluding hydrogens is 371 g/mol. The smallest absolute Gasteiger partial charge is 0.234 e. The Morgan fingerprint density at radius 3 is 2.42 bits per heavy atom. The minimum absolute atomic E-state index is 0.150. The summed E-state index contributed by atoms with van der Waals surface area (Å²) in [5.74, 6) is 0.331. The summed E-state index contributed by atoms with van der Waals surface area (Å²) >= 11 is 18.2. The zero-order valence-corrected chi connectivity index (χ0v) is 14.8. The van der Waals surface area contributed by atoms with Crippen molar-refractivity contribution in [3.8, 4) is 11.8 Å². The van der Waals surface area contributed by atoms with Crippen molar-refractivity contribution in [3.63, 3.8) is 0 Å². The number of carbonyl (C=O) groups is 1. The summed E-state index contributed by atoms with van der Waals surface area (Å²) in [6.45, 7) is 0.545. The van der Waals surface area contributed by atoms with E-state index in [2.05, 4.69) is 5.32 Å². The fraction of sp³-hybridized carbons (Fsp3) is 0.176. The van der Waals surface area contributed by atoms with Crippen LogP contribution in [0.1, 0.15) is 17.5 Å². The fourth-order valence-corrected chi connectivity index (χ4v) is 2.55. The van der Waals surface area contributed by atoms with Crippen LogP contribution in [0.15, 0.2) is 36.4 Å². The van der Waals surface area contributed by atoms with E-state index in [-0.39, 0.29) is 18.9 Å². The number of amides is 1. The Morgan fingerprint density at radius 1 is 1.08 bits per heavy atom. The van der Waals surface area contributed by atoms with E-state index in [1.165, 1.54) is 0 Å². The Balaban J connectivity index is 1.94. The lowest BCUT2D eigenvalue weighted by Gasteiger charge is -2.11. The Hall–Kier alpha value is -1.93. The number of hydrogen-bond donors (Lipinski definition) is 1. The Bertz CT molecular complexity index is 771. The number of halogens is 3. The summed E-state index contributed by atoms with van der Waals surface area (Å²) in [7, 11) is 0. The highest BCUT2D eigenvalue weighted by Gasteiger charge is 2.10. The Labute approximate surface area is 154 Å². The van der Waals surface area contributed by atoms with Gasteiger partial charge in [-0.1, -0.05) is 46.9 Å². The highest BCUT2D eigenvalue weighted by molar-refractivity contribution is 6.44. The molecule has 0 bridgehead atoms. The number of ether oxygens (including phenoxy) is 1. The van der Waals surface area contributed by atoms with Crippen molar-refractivity contribution in [1.29, 1.82) is 5.26 Å². The third kappa shape index (κ3) is 5.04. The maximum Gasteiger partial charge on any atom is 0.234 e. The molecule has 2 aromatic carbocycles. The highest BCUT2D eigenvalue weighted by Crippen LogP contribution is 2.32. The van der Waals surface area contributed by atoms with E-state index in [1.807, 2.05) is 12.1 Å². The van der Waals surface area contributed by atoms with Crippen molar-refractivity contribution in [2.45, 2.75) is 19.6 Å². The SMILES string of the molecule is N#CCC(=O)NCc1ccc(OCc2c(Cl)ccc(Cl)c2Cl)cc1. The summed E-state index contributed by atoms with van der Waals surface area (Å²) in [4.78, 5) is 11.2. The number of nitrogens with zero attached hydrogens (tertiary/aromatic N) is 1. The number of benzene rings is 2. The van der Waals surface area contributed by atoms with E-state index < -0.39 is 0 Å². The monoisotopic (exact) mass is 382 g/mol. The summed E-state index contributed by atoms with van der Waals surface area (Å²) < 4.78 is 5.67. The van der Waals surface area contributed by atoms with Gasteiger partial charge in [-0.3, -0.25) is 4.79 Å². The molecule has 0 aromatic heterocycles. The summed E-state index contributed by atoms with van der Waals surface area (Å²) in [5, 5.41) is 12.4. The summed E-state index contributed by atoms with van der Waals surface area (Å²) in [6, 6.07) is 12.3. The van der Waals surface area contributed by atoms with Gasteiger partial charge in [0, 0.05) is 17.1 Å². The van der Waals surface area contributed by atoms with Crippen LogP contribution in [0.3, 0.4) is 0 Å². The second-order valence-corrected chi connectivity index (χ2v) is 6.06. The van der Waals surface area contributed by atoms with Gasteiger partial charge >= 0.3 is 0 Å². The van der Waals surface area contributed by atoms with Crippen molar-refractivity contribution in [2.75, 3.05) is 0 Å². The third-order valence-corrected chi connectivity index (χ3v) is 4.37. The van der Waals surface area contributed by atoms with Crippen molar-refractivity contribution in [3.05, 3.63) is 62.6 Å². The normalized spacial score (nSPS) is 10.1. The first kappa shape index (κ1) is 18.4. The second kappa shape index (κ2) is 8.79. The van der Waals surface area contributed by atoms with Gasteiger partial charge in [-0.25, -0.2) is 0 Å². The molecule has 2 aromatic rings. The maximum absolute atomic E-state index is 11.2. The summed E-state index contributed by atoms with van der Waals surface area (Å²) in [6.07, 6.45) is -0.150. The van der Waals surface area contributed by atoms with E-state index >= 15 is 0 Å². The van der Waals surface area contributed by atoms with Crippen molar-refractivity contribution < 1.29 is 9.53 Å². The Kier molecular flexibility index (Phi) is 6.74. The molecule has 124 valence electrons. The number of nitrogens with one attached hydrogen (secondary N) is 1. The van der Waals surface area contributed by atoms with Crippen molar-refractivity contribution >= 4 is 40.7 Å². The molecule has 0 spiro atoms. The average Bonchev–Trinajstić information content (AvgIpc) is 2.58. The first-order valence-corrected chi connectivity index (χ1v) is 8.12. The van der Waals surface area contributed by atoms with Gasteiger partial charge in [-0.05, 0) is 29.8 Å². The predicted molar refractivity (Wildman–Crippen MR) is 94.3 cm³/mol. The molecule has 4 nitrogen and oxygen atoms in total. The van der Waals surface area contributed by atoms with Gasteiger partial charge in [-0.15, -0.1) is 0 Å². The molecule has 0 aliphatic rings. The number of carbonyl (C=O) groups excluding carboxylic acids is 1. The van der Waals surface area contributed by atoms with Gasteiger partial charge in [0.1, 0.15) is 18.8 Å². The van der Waals surface area contributed by atoms with E-state index in [4.69, 9.17) is 44.8 Å². The third-order valence-electron chi connectivity index (χ3n) is 3.17. The van der Waals surface area contributed by atoms with Crippen LogP contribution in [0.4, 0.5) is 0 Å². The molecule has 0 unspecified atom stereocenters. The molecule has 0 fully saturated rings. The number of nitriles is 1. The predicted octanol–water partition coefficient (Wildman–Crippen LogP) is 4.76. The quantitative estimate of drug-likeness (QED) is 0.732. The lowest BCUT2D eigenvalue weighted by molar-refractivity contribution is -0.120. The van der Waals surface area contributed by atoms with E-state index in [9.17, 15) is 4.79 Å². The molecule has 0 aliphatic heterocycles. The van der Waals surface area contributed by atoms with Gasteiger partial charge in [0.15, 0.2) is 0 Å². The molecule has 0 atom stereocenters. The topological polar surface area (TPSA) is 62.1 Å². The van der Waals surface area contributed by atoms with Crippen LogP contribution in [-0.2, 0) is 17.9 Å². The second-order valence-electron chi connectivity index (χ2n) is 4.87. The Morgan fingerprint density at radius 2 is 1.75 bits per heavy atom. The van der Waals surface area contributed by atoms with Crippen LogP contribution >= 0.6 is 34.8 Å². The molecule has 0 saturated carbocycles. The van der Waals surface area contributed by atoms with Crippen LogP contribution in [0.25, 0.3) is 0 Å². The lowest BCUT2D eigenvalue weighted by atomic mass is 10.2. The minimum atomic E-state index is -0.303. The molecular formula is C17H13Cl3N2O2. The van der Waals surface area contributed by atoms with Gasteiger partial charge in [-0.2, -0.15) is 5.26 Å². The molecule has 1 amide bonds. The molecule has 2 rings (SSSR count).